The van der Waals surface area contributed by atoms with E-state index in [0.29, 0.717) is 6.04 Å². The molecule has 0 amide bonds. The lowest BCUT2D eigenvalue weighted by Crippen LogP contribution is -2.28. The lowest BCUT2D eigenvalue weighted by Gasteiger charge is -2.24. The molecule has 0 spiro atoms. The molecule has 1 aromatic heterocycles. The van der Waals surface area contributed by atoms with Crippen LogP contribution in [0.4, 0.5) is 0 Å². The maximum atomic E-state index is 3.47. The second kappa shape index (κ2) is 8.32. The van der Waals surface area contributed by atoms with Crippen LogP contribution < -0.4 is 5.32 Å². The van der Waals surface area contributed by atoms with E-state index in [4.69, 9.17) is 0 Å². The Morgan fingerprint density at radius 1 is 1.19 bits per heavy atom. The second-order valence-corrected chi connectivity index (χ2v) is 6.47. The van der Waals surface area contributed by atoms with E-state index in [-0.39, 0.29) is 0 Å². The molecule has 2 aromatic rings. The van der Waals surface area contributed by atoms with Crippen LogP contribution in [0.25, 0.3) is 0 Å². The number of benzene rings is 1. The Morgan fingerprint density at radius 3 is 2.62 bits per heavy atom. The Kier molecular flexibility index (Phi) is 6.43. The van der Waals surface area contributed by atoms with Crippen molar-refractivity contribution in [3.05, 3.63) is 57.8 Å². The first-order chi connectivity index (χ1) is 10.2. The van der Waals surface area contributed by atoms with Crippen LogP contribution in [0.2, 0.25) is 0 Å². The molecule has 1 aromatic carbocycles. The van der Waals surface area contributed by atoms with Crippen LogP contribution in [0.5, 0.6) is 0 Å². The van der Waals surface area contributed by atoms with Gasteiger partial charge in [-0.05, 0) is 49.5 Å². The molecule has 1 N–H and O–H groups in total. The van der Waals surface area contributed by atoms with Crippen molar-refractivity contribution in [2.24, 2.45) is 0 Å². The molecule has 0 radical (unpaired) electrons. The van der Waals surface area contributed by atoms with Gasteiger partial charge in [-0.25, -0.2) is 0 Å². The summed E-state index contributed by atoms with van der Waals surface area (Å²) >= 11 is 1.85. The molecule has 114 valence electrons. The van der Waals surface area contributed by atoms with Crippen molar-refractivity contribution in [2.75, 3.05) is 20.1 Å². The second-order valence-electron chi connectivity index (χ2n) is 5.43. The zero-order valence-corrected chi connectivity index (χ0v) is 14.1. The largest absolute Gasteiger partial charge is 0.313 e. The highest BCUT2D eigenvalue weighted by atomic mass is 32.1. The molecule has 1 unspecified atom stereocenters. The van der Waals surface area contributed by atoms with Crippen LogP contribution in [-0.4, -0.2) is 25.0 Å². The first-order valence-electron chi connectivity index (χ1n) is 7.72. The quantitative estimate of drug-likeness (QED) is 0.785. The summed E-state index contributed by atoms with van der Waals surface area (Å²) in [6.45, 7) is 7.73. The highest BCUT2D eigenvalue weighted by Crippen LogP contribution is 2.21. The first-order valence-corrected chi connectivity index (χ1v) is 8.60. The number of hydrogen-bond donors (Lipinski definition) is 1. The van der Waals surface area contributed by atoms with Gasteiger partial charge in [0.1, 0.15) is 0 Å². The normalized spacial score (nSPS) is 12.8. The van der Waals surface area contributed by atoms with Crippen molar-refractivity contribution in [2.45, 2.75) is 32.9 Å². The maximum absolute atomic E-state index is 3.47. The van der Waals surface area contributed by atoms with Crippen molar-refractivity contribution in [3.8, 4) is 0 Å². The predicted molar refractivity (Wildman–Crippen MR) is 92.9 cm³/mol. The van der Waals surface area contributed by atoms with Crippen LogP contribution in [-0.2, 0) is 6.54 Å². The fraction of sp³-hybridized carbons (Fsp3) is 0.444. The molecular formula is C18H26N2S. The van der Waals surface area contributed by atoms with Crippen molar-refractivity contribution >= 4 is 11.3 Å². The average molecular weight is 302 g/mol. The van der Waals surface area contributed by atoms with Gasteiger partial charge in [0.15, 0.2) is 0 Å². The summed E-state index contributed by atoms with van der Waals surface area (Å²) in [5.41, 5.74) is 2.80. The smallest absolute Gasteiger partial charge is 0.0332 e. The van der Waals surface area contributed by atoms with E-state index in [1.54, 1.807) is 0 Å². The summed E-state index contributed by atoms with van der Waals surface area (Å²) in [6, 6.07) is 13.5. The van der Waals surface area contributed by atoms with E-state index in [2.05, 4.69) is 72.9 Å². The molecule has 2 nitrogen and oxygen atoms in total. The number of aryl methyl sites for hydroxylation is 1. The number of rotatable bonds is 8. The minimum Gasteiger partial charge on any atom is -0.313 e. The molecule has 0 aliphatic rings. The fourth-order valence-corrected chi connectivity index (χ4v) is 3.46. The van der Waals surface area contributed by atoms with Crippen LogP contribution in [0.3, 0.4) is 0 Å². The third kappa shape index (κ3) is 4.67. The molecule has 3 heteroatoms. The van der Waals surface area contributed by atoms with Gasteiger partial charge in [0.25, 0.3) is 0 Å². The van der Waals surface area contributed by atoms with Gasteiger partial charge in [0.05, 0.1) is 0 Å². The molecule has 0 aliphatic carbocycles. The molecular weight excluding hydrogens is 276 g/mol. The average Bonchev–Trinajstić information content (AvgIpc) is 3.01. The molecule has 21 heavy (non-hydrogen) atoms. The van der Waals surface area contributed by atoms with Gasteiger partial charge >= 0.3 is 0 Å². The van der Waals surface area contributed by atoms with Gasteiger partial charge in [-0.1, -0.05) is 37.3 Å². The van der Waals surface area contributed by atoms with E-state index in [1.165, 1.54) is 16.0 Å². The van der Waals surface area contributed by atoms with Crippen LogP contribution >= 0.6 is 11.3 Å². The van der Waals surface area contributed by atoms with Crippen LogP contribution in [0, 0.1) is 6.92 Å². The number of thiophene rings is 1. The monoisotopic (exact) mass is 302 g/mol. The van der Waals surface area contributed by atoms with Gasteiger partial charge in [-0.2, -0.15) is 0 Å². The Labute approximate surface area is 132 Å². The van der Waals surface area contributed by atoms with Gasteiger partial charge < -0.3 is 5.32 Å². The lowest BCUT2D eigenvalue weighted by molar-refractivity contribution is 0.265. The first kappa shape index (κ1) is 16.2. The summed E-state index contributed by atoms with van der Waals surface area (Å²) < 4.78 is 0. The maximum Gasteiger partial charge on any atom is 0.0332 e. The van der Waals surface area contributed by atoms with Crippen LogP contribution in [0.15, 0.2) is 41.8 Å². The van der Waals surface area contributed by atoms with Crippen LogP contribution in [0.1, 0.15) is 35.4 Å². The summed E-state index contributed by atoms with van der Waals surface area (Å²) in [5.74, 6) is 0. The summed E-state index contributed by atoms with van der Waals surface area (Å²) in [4.78, 5) is 3.97. The fourth-order valence-electron chi connectivity index (χ4n) is 2.72. The van der Waals surface area contributed by atoms with E-state index < -0.39 is 0 Å². The molecule has 1 heterocycles. The zero-order valence-electron chi connectivity index (χ0n) is 13.3. The van der Waals surface area contributed by atoms with E-state index in [9.17, 15) is 0 Å². The third-order valence-corrected chi connectivity index (χ3v) is 4.91. The van der Waals surface area contributed by atoms with Crippen molar-refractivity contribution in [1.29, 1.82) is 0 Å². The van der Waals surface area contributed by atoms with Gasteiger partial charge in [-0.3, -0.25) is 4.90 Å². The lowest BCUT2D eigenvalue weighted by atomic mass is 9.99. The number of nitrogens with zero attached hydrogens (tertiary/aromatic N) is 1. The van der Waals surface area contributed by atoms with E-state index >= 15 is 0 Å². The summed E-state index contributed by atoms with van der Waals surface area (Å²) in [7, 11) is 2.06. The standard InChI is InChI=1S/C18H26N2S/c1-4-20(14-16-9-7-13-21-16)12-11-18(19-3)17-10-6-5-8-15(17)2/h5-10,13,18-19H,4,11-12,14H2,1-3H3. The zero-order chi connectivity index (χ0) is 15.1. The predicted octanol–water partition coefficient (Wildman–Crippen LogP) is 4.23. The summed E-state index contributed by atoms with van der Waals surface area (Å²) in [5, 5.41) is 5.63. The van der Waals surface area contributed by atoms with Gasteiger partial charge in [-0.15, -0.1) is 11.3 Å². The van der Waals surface area contributed by atoms with Crippen molar-refractivity contribution in [3.63, 3.8) is 0 Å². The number of hydrogen-bond acceptors (Lipinski definition) is 3. The molecule has 0 saturated heterocycles. The van der Waals surface area contributed by atoms with Gasteiger partial charge in [0, 0.05) is 24.0 Å². The van der Waals surface area contributed by atoms with Gasteiger partial charge in [0.2, 0.25) is 0 Å². The molecule has 0 aliphatic heterocycles. The minimum absolute atomic E-state index is 0.434. The SMILES string of the molecule is CCN(CCC(NC)c1ccccc1C)Cc1cccs1. The van der Waals surface area contributed by atoms with Crippen molar-refractivity contribution in [1.82, 2.24) is 10.2 Å². The van der Waals surface area contributed by atoms with Crippen molar-refractivity contribution < 1.29 is 0 Å². The molecule has 2 rings (SSSR count). The molecule has 0 fully saturated rings. The minimum atomic E-state index is 0.434. The Morgan fingerprint density at radius 2 is 2.00 bits per heavy atom. The third-order valence-electron chi connectivity index (χ3n) is 4.05. The Hall–Kier alpha value is -1.16. The topological polar surface area (TPSA) is 15.3 Å². The molecule has 1 atom stereocenters. The highest BCUT2D eigenvalue weighted by Gasteiger charge is 2.13. The summed E-state index contributed by atoms with van der Waals surface area (Å²) in [6.07, 6.45) is 1.14. The Balaban J connectivity index is 1.94. The molecule has 0 saturated carbocycles. The van der Waals surface area contributed by atoms with E-state index in [1.807, 2.05) is 11.3 Å². The highest BCUT2D eigenvalue weighted by molar-refractivity contribution is 7.09. The number of nitrogens with one attached hydrogen (secondary N) is 1. The Bertz CT molecular complexity index is 522. The van der Waals surface area contributed by atoms with E-state index in [0.717, 1.165) is 26.1 Å². The molecule has 0 bridgehead atoms.